The number of rotatable bonds is 4. The molecule has 0 saturated carbocycles. The van der Waals surface area contributed by atoms with Crippen LogP contribution in [-0.4, -0.2) is 19.8 Å². The minimum absolute atomic E-state index is 0.205. The highest BCUT2D eigenvalue weighted by Crippen LogP contribution is 2.15. The molecule has 1 unspecified atom stereocenters. The Morgan fingerprint density at radius 2 is 2.14 bits per heavy atom. The number of aryl methyl sites for hydroxylation is 1. The Morgan fingerprint density at radius 3 is 2.71 bits per heavy atom. The SMILES string of the molecule is COC(C)CNc1cc(C)cc(N)c1. The van der Waals surface area contributed by atoms with E-state index >= 15 is 0 Å². The summed E-state index contributed by atoms with van der Waals surface area (Å²) >= 11 is 0. The molecule has 0 heterocycles. The highest BCUT2D eigenvalue weighted by molar-refractivity contribution is 5.56. The molecule has 0 bridgehead atoms. The number of anilines is 2. The first-order valence-electron chi connectivity index (χ1n) is 4.75. The fourth-order valence-corrected chi connectivity index (χ4v) is 1.26. The van der Waals surface area contributed by atoms with Crippen LogP contribution in [0.1, 0.15) is 12.5 Å². The zero-order valence-electron chi connectivity index (χ0n) is 9.00. The van der Waals surface area contributed by atoms with Gasteiger partial charge in [0.2, 0.25) is 0 Å². The Kier molecular flexibility index (Phi) is 3.77. The van der Waals surface area contributed by atoms with Crippen molar-refractivity contribution < 1.29 is 4.74 Å². The predicted octanol–water partition coefficient (Wildman–Crippen LogP) is 2.02. The number of nitrogen functional groups attached to an aromatic ring is 1. The van der Waals surface area contributed by atoms with Gasteiger partial charge in [-0.05, 0) is 37.6 Å². The van der Waals surface area contributed by atoms with E-state index in [2.05, 4.69) is 11.4 Å². The maximum atomic E-state index is 5.73. The van der Waals surface area contributed by atoms with E-state index in [1.165, 1.54) is 0 Å². The van der Waals surface area contributed by atoms with Crippen LogP contribution in [0.3, 0.4) is 0 Å². The van der Waals surface area contributed by atoms with Gasteiger partial charge in [0.05, 0.1) is 6.10 Å². The normalized spacial score (nSPS) is 12.5. The zero-order chi connectivity index (χ0) is 10.6. The lowest BCUT2D eigenvalue weighted by Gasteiger charge is -2.12. The van der Waals surface area contributed by atoms with Gasteiger partial charge in [-0.1, -0.05) is 0 Å². The average molecular weight is 194 g/mol. The van der Waals surface area contributed by atoms with Crippen LogP contribution < -0.4 is 11.1 Å². The Hall–Kier alpha value is -1.22. The molecule has 0 radical (unpaired) electrons. The largest absolute Gasteiger partial charge is 0.399 e. The smallest absolute Gasteiger partial charge is 0.0715 e. The summed E-state index contributed by atoms with van der Waals surface area (Å²) in [6.07, 6.45) is 0.205. The van der Waals surface area contributed by atoms with Crippen molar-refractivity contribution in [1.29, 1.82) is 0 Å². The van der Waals surface area contributed by atoms with Gasteiger partial charge in [-0.3, -0.25) is 0 Å². The summed E-state index contributed by atoms with van der Waals surface area (Å²) in [5, 5.41) is 3.27. The van der Waals surface area contributed by atoms with Crippen molar-refractivity contribution in [2.45, 2.75) is 20.0 Å². The van der Waals surface area contributed by atoms with Gasteiger partial charge in [-0.2, -0.15) is 0 Å². The van der Waals surface area contributed by atoms with Crippen LogP contribution in [0.25, 0.3) is 0 Å². The molecular formula is C11H18N2O. The fraction of sp³-hybridized carbons (Fsp3) is 0.455. The molecule has 14 heavy (non-hydrogen) atoms. The summed E-state index contributed by atoms with van der Waals surface area (Å²) in [6, 6.07) is 5.94. The van der Waals surface area contributed by atoms with E-state index in [9.17, 15) is 0 Å². The number of hydrogen-bond acceptors (Lipinski definition) is 3. The molecule has 1 aromatic rings. The number of benzene rings is 1. The minimum atomic E-state index is 0.205. The summed E-state index contributed by atoms with van der Waals surface area (Å²) in [5.41, 5.74) is 8.73. The van der Waals surface area contributed by atoms with Gasteiger partial charge in [-0.15, -0.1) is 0 Å². The quantitative estimate of drug-likeness (QED) is 0.721. The van der Waals surface area contributed by atoms with Crippen molar-refractivity contribution in [3.05, 3.63) is 23.8 Å². The van der Waals surface area contributed by atoms with Crippen LogP contribution in [0.4, 0.5) is 11.4 Å². The summed E-state index contributed by atoms with van der Waals surface area (Å²) in [4.78, 5) is 0. The molecule has 0 aliphatic rings. The second-order valence-corrected chi connectivity index (χ2v) is 3.56. The second kappa shape index (κ2) is 4.86. The number of ether oxygens (including phenoxy) is 1. The molecule has 3 N–H and O–H groups in total. The van der Waals surface area contributed by atoms with Gasteiger partial charge in [0.15, 0.2) is 0 Å². The molecule has 0 aliphatic carbocycles. The molecule has 0 aliphatic heterocycles. The number of hydrogen-bond donors (Lipinski definition) is 2. The Morgan fingerprint density at radius 1 is 1.43 bits per heavy atom. The van der Waals surface area contributed by atoms with E-state index in [0.29, 0.717) is 0 Å². The molecule has 0 amide bonds. The first kappa shape index (κ1) is 10.9. The third-order valence-corrected chi connectivity index (χ3v) is 2.10. The van der Waals surface area contributed by atoms with Crippen molar-refractivity contribution in [2.24, 2.45) is 0 Å². The summed E-state index contributed by atoms with van der Waals surface area (Å²) in [6.45, 7) is 4.84. The lowest BCUT2D eigenvalue weighted by Crippen LogP contribution is -2.18. The highest BCUT2D eigenvalue weighted by Gasteiger charge is 1.99. The molecule has 78 valence electrons. The van der Waals surface area contributed by atoms with E-state index in [4.69, 9.17) is 10.5 Å². The van der Waals surface area contributed by atoms with Crippen molar-refractivity contribution in [3.63, 3.8) is 0 Å². The summed E-state index contributed by atoms with van der Waals surface area (Å²) in [7, 11) is 1.71. The first-order valence-corrected chi connectivity index (χ1v) is 4.75. The van der Waals surface area contributed by atoms with Crippen molar-refractivity contribution >= 4 is 11.4 Å². The van der Waals surface area contributed by atoms with Crippen molar-refractivity contribution in [3.8, 4) is 0 Å². The molecule has 1 aromatic carbocycles. The first-order chi connectivity index (χ1) is 6.61. The molecule has 0 saturated heterocycles. The number of nitrogens with one attached hydrogen (secondary N) is 1. The molecule has 1 atom stereocenters. The average Bonchev–Trinajstić information content (AvgIpc) is 2.12. The van der Waals surface area contributed by atoms with Crippen molar-refractivity contribution in [2.75, 3.05) is 24.7 Å². The van der Waals surface area contributed by atoms with Gasteiger partial charge in [0.25, 0.3) is 0 Å². The minimum Gasteiger partial charge on any atom is -0.399 e. The standard InChI is InChI=1S/C11H18N2O/c1-8-4-10(12)6-11(5-8)13-7-9(2)14-3/h4-6,9,13H,7,12H2,1-3H3. The number of nitrogens with two attached hydrogens (primary N) is 1. The Bertz CT molecular complexity index is 279. The van der Waals surface area contributed by atoms with Crippen LogP contribution in [0, 0.1) is 6.92 Å². The Labute approximate surface area is 85.3 Å². The second-order valence-electron chi connectivity index (χ2n) is 3.56. The molecule has 0 spiro atoms. The Balaban J connectivity index is 2.58. The van der Waals surface area contributed by atoms with E-state index < -0.39 is 0 Å². The molecule has 3 nitrogen and oxygen atoms in total. The zero-order valence-corrected chi connectivity index (χ0v) is 9.00. The van der Waals surface area contributed by atoms with E-state index in [1.54, 1.807) is 7.11 Å². The van der Waals surface area contributed by atoms with Gasteiger partial charge in [0, 0.05) is 25.0 Å². The van der Waals surface area contributed by atoms with Gasteiger partial charge >= 0.3 is 0 Å². The molecule has 0 fully saturated rings. The van der Waals surface area contributed by atoms with Crippen LogP contribution in [0.2, 0.25) is 0 Å². The topological polar surface area (TPSA) is 47.3 Å². The lowest BCUT2D eigenvalue weighted by atomic mass is 10.2. The predicted molar refractivity (Wildman–Crippen MR) is 60.6 cm³/mol. The molecule has 3 heteroatoms. The van der Waals surface area contributed by atoms with Crippen LogP contribution in [0.5, 0.6) is 0 Å². The van der Waals surface area contributed by atoms with Crippen LogP contribution in [0.15, 0.2) is 18.2 Å². The summed E-state index contributed by atoms with van der Waals surface area (Å²) < 4.78 is 5.14. The fourth-order valence-electron chi connectivity index (χ4n) is 1.26. The lowest BCUT2D eigenvalue weighted by molar-refractivity contribution is 0.129. The van der Waals surface area contributed by atoms with E-state index in [-0.39, 0.29) is 6.10 Å². The monoisotopic (exact) mass is 194 g/mol. The van der Waals surface area contributed by atoms with Crippen LogP contribution in [-0.2, 0) is 4.74 Å². The molecule has 1 rings (SSSR count). The maximum Gasteiger partial charge on any atom is 0.0715 e. The number of methoxy groups -OCH3 is 1. The maximum absolute atomic E-state index is 5.73. The van der Waals surface area contributed by atoms with Gasteiger partial charge in [0.1, 0.15) is 0 Å². The van der Waals surface area contributed by atoms with Gasteiger partial charge < -0.3 is 15.8 Å². The molecular weight excluding hydrogens is 176 g/mol. The van der Waals surface area contributed by atoms with Gasteiger partial charge in [-0.25, -0.2) is 0 Å². The van der Waals surface area contributed by atoms with Crippen molar-refractivity contribution in [1.82, 2.24) is 0 Å². The van der Waals surface area contributed by atoms with E-state index in [1.807, 2.05) is 26.0 Å². The molecule has 0 aromatic heterocycles. The third kappa shape index (κ3) is 3.26. The summed E-state index contributed by atoms with van der Waals surface area (Å²) in [5.74, 6) is 0. The third-order valence-electron chi connectivity index (χ3n) is 2.10. The highest BCUT2D eigenvalue weighted by atomic mass is 16.5. The van der Waals surface area contributed by atoms with Crippen LogP contribution >= 0.6 is 0 Å². The van der Waals surface area contributed by atoms with E-state index in [0.717, 1.165) is 23.5 Å².